The zero-order valence-corrected chi connectivity index (χ0v) is 20.4. The second-order valence-corrected chi connectivity index (χ2v) is 8.41. The van der Waals surface area contributed by atoms with Gasteiger partial charge >= 0.3 is 12.2 Å². The first-order valence-electron chi connectivity index (χ1n) is 11.8. The number of halogens is 3. The molecule has 0 unspecified atom stereocenters. The summed E-state index contributed by atoms with van der Waals surface area (Å²) in [6.45, 7) is 4.72. The van der Waals surface area contributed by atoms with Crippen molar-refractivity contribution in [3.05, 3.63) is 71.3 Å². The number of nitrogens with zero attached hydrogens (tertiary/aromatic N) is 6. The minimum absolute atomic E-state index is 0.0254. The van der Waals surface area contributed by atoms with Crippen LogP contribution in [0.15, 0.2) is 64.8 Å². The van der Waals surface area contributed by atoms with Crippen molar-refractivity contribution in [2.75, 3.05) is 49.4 Å². The van der Waals surface area contributed by atoms with Gasteiger partial charge in [0.15, 0.2) is 5.82 Å². The Bertz CT molecular complexity index is 1220. The number of rotatable bonds is 9. The third kappa shape index (κ3) is 7.37. The van der Waals surface area contributed by atoms with Crippen molar-refractivity contribution in [2.45, 2.75) is 19.6 Å². The number of nitrogens with two attached hydrogens (primary N) is 1. The highest BCUT2D eigenvalue weighted by atomic mass is 19.4. The second kappa shape index (κ2) is 12.0. The summed E-state index contributed by atoms with van der Waals surface area (Å²) in [4.78, 5) is 10.8. The van der Waals surface area contributed by atoms with E-state index in [4.69, 9.17) is 15.3 Å². The van der Waals surface area contributed by atoms with Crippen LogP contribution < -0.4 is 20.5 Å². The summed E-state index contributed by atoms with van der Waals surface area (Å²) < 4.78 is 51.1. The molecule has 196 valence electrons. The first-order valence-corrected chi connectivity index (χ1v) is 11.8. The molecule has 0 spiro atoms. The largest absolute Gasteiger partial charge is 0.461 e. The average Bonchev–Trinajstić information content (AvgIpc) is 2.89. The van der Waals surface area contributed by atoms with Crippen molar-refractivity contribution in [2.24, 2.45) is 16.1 Å². The molecule has 1 aliphatic heterocycles. The summed E-state index contributed by atoms with van der Waals surface area (Å²) in [6.07, 6.45) is -4.52. The van der Waals surface area contributed by atoms with Gasteiger partial charge in [0.2, 0.25) is 0 Å². The van der Waals surface area contributed by atoms with Gasteiger partial charge in [0.1, 0.15) is 12.4 Å². The Morgan fingerprint density at radius 1 is 1.08 bits per heavy atom. The van der Waals surface area contributed by atoms with Crippen molar-refractivity contribution < 1.29 is 22.6 Å². The van der Waals surface area contributed by atoms with Gasteiger partial charge < -0.3 is 19.4 Å². The SMILES string of the molecule is Cc1cccc(CN=Nc2cc(N3CCOCC3)nc(OCCN(N)c3ccccc3C(F)(F)F)n2)c1. The van der Waals surface area contributed by atoms with E-state index in [2.05, 4.69) is 20.2 Å². The molecule has 2 N–H and O–H groups in total. The standard InChI is InChI=1S/C25H28F3N7O2/c1-18-5-4-6-19(15-18)17-30-33-22-16-23(34-9-12-36-13-10-34)32-24(31-22)37-14-11-35(29)21-8-3-2-7-20(21)25(26,27)28/h2-8,15-16H,9-14,17,29H2,1H3. The topological polar surface area (TPSA) is 101 Å². The first-order chi connectivity index (χ1) is 17.8. The van der Waals surface area contributed by atoms with E-state index in [0.717, 1.165) is 22.2 Å². The van der Waals surface area contributed by atoms with E-state index >= 15 is 0 Å². The minimum atomic E-state index is -4.52. The number of hydrogen-bond acceptors (Lipinski definition) is 9. The van der Waals surface area contributed by atoms with E-state index in [1.807, 2.05) is 36.1 Å². The normalized spacial score (nSPS) is 14.2. The third-order valence-corrected chi connectivity index (χ3v) is 5.60. The maximum Gasteiger partial charge on any atom is 0.418 e. The average molecular weight is 516 g/mol. The number of ether oxygens (including phenoxy) is 2. The number of azo groups is 1. The fraction of sp³-hybridized carbons (Fsp3) is 0.360. The number of aromatic nitrogens is 2. The number of morpholine rings is 1. The van der Waals surface area contributed by atoms with Gasteiger partial charge in [-0.25, -0.2) is 5.84 Å². The summed E-state index contributed by atoms with van der Waals surface area (Å²) in [5, 5.41) is 9.51. The number of aryl methyl sites for hydroxylation is 1. The lowest BCUT2D eigenvalue weighted by Gasteiger charge is -2.28. The van der Waals surface area contributed by atoms with Gasteiger partial charge in [0.05, 0.1) is 37.6 Å². The van der Waals surface area contributed by atoms with Gasteiger partial charge in [0, 0.05) is 19.2 Å². The van der Waals surface area contributed by atoms with Crippen LogP contribution in [0, 0.1) is 6.92 Å². The number of hydrogen-bond donors (Lipinski definition) is 1. The number of hydrazine groups is 1. The van der Waals surface area contributed by atoms with Crippen LogP contribution in [-0.2, 0) is 17.5 Å². The fourth-order valence-electron chi connectivity index (χ4n) is 3.79. The maximum atomic E-state index is 13.3. The smallest absolute Gasteiger partial charge is 0.418 e. The Labute approximate surface area is 212 Å². The minimum Gasteiger partial charge on any atom is -0.461 e. The fourth-order valence-corrected chi connectivity index (χ4v) is 3.79. The number of alkyl halides is 3. The van der Waals surface area contributed by atoms with E-state index < -0.39 is 11.7 Å². The van der Waals surface area contributed by atoms with Crippen molar-refractivity contribution >= 4 is 17.3 Å². The van der Waals surface area contributed by atoms with Crippen LogP contribution in [0.5, 0.6) is 6.01 Å². The van der Waals surface area contributed by atoms with Crippen molar-refractivity contribution in [3.8, 4) is 6.01 Å². The predicted octanol–water partition coefficient (Wildman–Crippen LogP) is 4.68. The van der Waals surface area contributed by atoms with E-state index in [1.165, 1.54) is 18.2 Å². The van der Waals surface area contributed by atoms with Crippen LogP contribution in [-0.4, -0.2) is 49.4 Å². The van der Waals surface area contributed by atoms with Crippen molar-refractivity contribution in [1.29, 1.82) is 0 Å². The van der Waals surface area contributed by atoms with Crippen LogP contribution in [0.2, 0.25) is 0 Å². The highest BCUT2D eigenvalue weighted by Crippen LogP contribution is 2.35. The summed E-state index contributed by atoms with van der Waals surface area (Å²) in [7, 11) is 0. The Morgan fingerprint density at radius 2 is 1.86 bits per heavy atom. The molecule has 2 aromatic carbocycles. The summed E-state index contributed by atoms with van der Waals surface area (Å²) in [5.41, 5.74) is 1.18. The predicted molar refractivity (Wildman–Crippen MR) is 133 cm³/mol. The van der Waals surface area contributed by atoms with Crippen molar-refractivity contribution in [3.63, 3.8) is 0 Å². The lowest BCUT2D eigenvalue weighted by molar-refractivity contribution is -0.137. The lowest BCUT2D eigenvalue weighted by atomic mass is 10.1. The van der Waals surface area contributed by atoms with E-state index in [1.54, 1.807) is 6.07 Å². The molecular weight excluding hydrogens is 487 g/mol. The van der Waals surface area contributed by atoms with E-state index in [-0.39, 0.29) is 24.8 Å². The third-order valence-electron chi connectivity index (χ3n) is 5.60. The molecule has 0 saturated carbocycles. The highest BCUT2D eigenvalue weighted by molar-refractivity contribution is 5.54. The summed E-state index contributed by atoms with van der Waals surface area (Å²) in [5.74, 6) is 6.83. The first kappa shape index (κ1) is 26.3. The summed E-state index contributed by atoms with van der Waals surface area (Å²) >= 11 is 0. The van der Waals surface area contributed by atoms with Crippen LogP contribution in [0.25, 0.3) is 0 Å². The Balaban J connectivity index is 1.46. The molecule has 12 heteroatoms. The van der Waals surface area contributed by atoms with Crippen molar-refractivity contribution in [1.82, 2.24) is 9.97 Å². The second-order valence-electron chi connectivity index (χ2n) is 8.41. The monoisotopic (exact) mass is 515 g/mol. The zero-order valence-electron chi connectivity index (χ0n) is 20.4. The molecule has 37 heavy (non-hydrogen) atoms. The molecule has 9 nitrogen and oxygen atoms in total. The molecule has 3 aromatic rings. The van der Waals surface area contributed by atoms with Crippen LogP contribution in [0.1, 0.15) is 16.7 Å². The number of para-hydroxylation sites is 1. The van der Waals surface area contributed by atoms with Gasteiger partial charge in [-0.15, -0.1) is 5.11 Å². The zero-order chi connectivity index (χ0) is 26.3. The molecule has 0 amide bonds. The maximum absolute atomic E-state index is 13.3. The lowest BCUT2D eigenvalue weighted by Crippen LogP contribution is -2.37. The quantitative estimate of drug-likeness (QED) is 0.251. The van der Waals surface area contributed by atoms with Crippen LogP contribution in [0.3, 0.4) is 0 Å². The van der Waals surface area contributed by atoms with Gasteiger partial charge in [0.25, 0.3) is 0 Å². The van der Waals surface area contributed by atoms with Gasteiger partial charge in [-0.3, -0.25) is 0 Å². The highest BCUT2D eigenvalue weighted by Gasteiger charge is 2.34. The molecule has 4 rings (SSSR count). The Hall–Kier alpha value is -3.77. The molecule has 1 saturated heterocycles. The molecule has 0 bridgehead atoms. The molecule has 0 aliphatic carbocycles. The molecule has 0 radical (unpaired) electrons. The van der Waals surface area contributed by atoms with E-state index in [0.29, 0.717) is 44.5 Å². The van der Waals surface area contributed by atoms with Crippen LogP contribution in [0.4, 0.5) is 30.5 Å². The Kier molecular flexibility index (Phi) is 8.51. The Morgan fingerprint density at radius 3 is 2.62 bits per heavy atom. The molecule has 1 aliphatic rings. The van der Waals surface area contributed by atoms with Gasteiger partial charge in [-0.1, -0.05) is 42.0 Å². The number of benzene rings is 2. The number of anilines is 2. The molecular formula is C25H28F3N7O2. The molecule has 2 heterocycles. The van der Waals surface area contributed by atoms with Gasteiger partial charge in [-0.05, 0) is 24.6 Å². The van der Waals surface area contributed by atoms with Gasteiger partial charge in [-0.2, -0.15) is 28.3 Å². The van der Waals surface area contributed by atoms with Crippen LogP contribution >= 0.6 is 0 Å². The van der Waals surface area contributed by atoms with E-state index in [9.17, 15) is 13.2 Å². The summed E-state index contributed by atoms with van der Waals surface area (Å²) in [6, 6.07) is 14.8. The molecule has 0 atom stereocenters. The molecule has 1 fully saturated rings. The molecule has 1 aromatic heterocycles.